The molecule has 22 heavy (non-hydrogen) atoms. The fourth-order valence-electron chi connectivity index (χ4n) is 2.74. The Balaban J connectivity index is 2.56. The number of rotatable bonds is 7. The van der Waals surface area contributed by atoms with E-state index in [1.54, 1.807) is 0 Å². The fraction of sp³-hybridized carbons (Fsp3) is 0.529. The number of anilines is 1. The van der Waals surface area contributed by atoms with Gasteiger partial charge in [-0.2, -0.15) is 0 Å². The van der Waals surface area contributed by atoms with E-state index in [4.69, 9.17) is 15.5 Å². The van der Waals surface area contributed by atoms with Gasteiger partial charge in [0.15, 0.2) is 0 Å². The third-order valence-electron chi connectivity index (χ3n) is 3.84. The molecule has 0 radical (unpaired) electrons. The number of hydrogen-bond acceptors (Lipinski definition) is 4. The fourth-order valence-corrected chi connectivity index (χ4v) is 2.74. The number of esters is 1. The van der Waals surface area contributed by atoms with Crippen molar-refractivity contribution in [1.29, 1.82) is 0 Å². The topological polar surface area (TPSA) is 70.1 Å². The van der Waals surface area contributed by atoms with Crippen LogP contribution in [-0.2, 0) is 16.0 Å². The number of ether oxygens (including phenoxy) is 1. The highest BCUT2D eigenvalue weighted by molar-refractivity contribution is 5.89. The standard InChI is InChI=1S/C17H25N3O2/c1-4-7-11-15-19-16-12(18)9-8-10-14(16)20(15)13(5-2)17(21)22-6-3/h8-10,13H,4-7,11,18H2,1-3H3. The van der Waals surface area contributed by atoms with Crippen LogP contribution in [-0.4, -0.2) is 22.1 Å². The molecular weight excluding hydrogens is 278 g/mol. The highest BCUT2D eigenvalue weighted by atomic mass is 16.5. The number of hydrogen-bond donors (Lipinski definition) is 1. The summed E-state index contributed by atoms with van der Waals surface area (Å²) in [6.07, 6.45) is 3.61. The summed E-state index contributed by atoms with van der Waals surface area (Å²) in [5.41, 5.74) is 8.38. The third kappa shape index (κ3) is 3.08. The van der Waals surface area contributed by atoms with Crippen LogP contribution in [0.15, 0.2) is 18.2 Å². The first kappa shape index (κ1) is 16.3. The van der Waals surface area contributed by atoms with E-state index in [9.17, 15) is 4.79 Å². The maximum Gasteiger partial charge on any atom is 0.329 e. The van der Waals surface area contributed by atoms with Gasteiger partial charge in [-0.15, -0.1) is 0 Å². The van der Waals surface area contributed by atoms with Crippen LogP contribution in [0, 0.1) is 0 Å². The number of unbranched alkanes of at least 4 members (excludes halogenated alkanes) is 1. The van der Waals surface area contributed by atoms with Gasteiger partial charge in [0.1, 0.15) is 17.4 Å². The van der Waals surface area contributed by atoms with Gasteiger partial charge in [0.25, 0.3) is 0 Å². The lowest BCUT2D eigenvalue weighted by Crippen LogP contribution is -2.23. The third-order valence-corrected chi connectivity index (χ3v) is 3.84. The second-order valence-corrected chi connectivity index (χ2v) is 5.39. The van der Waals surface area contributed by atoms with Crippen molar-refractivity contribution >= 4 is 22.7 Å². The van der Waals surface area contributed by atoms with E-state index in [1.165, 1.54) is 0 Å². The zero-order valence-corrected chi connectivity index (χ0v) is 13.6. The number of nitrogen functional groups attached to an aromatic ring is 1. The molecule has 0 bridgehead atoms. The van der Waals surface area contributed by atoms with Gasteiger partial charge in [0, 0.05) is 6.42 Å². The summed E-state index contributed by atoms with van der Waals surface area (Å²) >= 11 is 0. The summed E-state index contributed by atoms with van der Waals surface area (Å²) in [5, 5.41) is 0. The van der Waals surface area contributed by atoms with Crippen molar-refractivity contribution in [2.75, 3.05) is 12.3 Å². The molecule has 0 aliphatic rings. The molecule has 0 aliphatic carbocycles. The van der Waals surface area contributed by atoms with E-state index in [1.807, 2.05) is 36.6 Å². The lowest BCUT2D eigenvalue weighted by molar-refractivity contribution is -0.147. The highest BCUT2D eigenvalue weighted by Crippen LogP contribution is 2.28. The normalized spacial score (nSPS) is 12.5. The molecule has 5 heteroatoms. The summed E-state index contributed by atoms with van der Waals surface area (Å²) in [5.74, 6) is 0.708. The van der Waals surface area contributed by atoms with E-state index in [2.05, 4.69) is 6.92 Å². The number of aromatic nitrogens is 2. The SMILES string of the molecule is CCCCc1nc2c(N)cccc2n1C(CC)C(=O)OCC. The van der Waals surface area contributed by atoms with Gasteiger partial charge in [-0.05, 0) is 31.9 Å². The highest BCUT2D eigenvalue weighted by Gasteiger charge is 2.25. The lowest BCUT2D eigenvalue weighted by atomic mass is 10.2. The van der Waals surface area contributed by atoms with Crippen LogP contribution in [0.4, 0.5) is 5.69 Å². The van der Waals surface area contributed by atoms with Crippen molar-refractivity contribution in [2.24, 2.45) is 0 Å². The van der Waals surface area contributed by atoms with Gasteiger partial charge in [-0.3, -0.25) is 0 Å². The number of nitrogens with zero attached hydrogens (tertiary/aromatic N) is 2. The van der Waals surface area contributed by atoms with E-state index in [-0.39, 0.29) is 12.0 Å². The van der Waals surface area contributed by atoms with Crippen LogP contribution < -0.4 is 5.73 Å². The molecule has 5 nitrogen and oxygen atoms in total. The molecule has 1 aromatic heterocycles. The number of aryl methyl sites for hydroxylation is 1. The first-order valence-electron chi connectivity index (χ1n) is 8.05. The Bertz CT molecular complexity index is 649. The number of fused-ring (bicyclic) bond motifs is 1. The van der Waals surface area contributed by atoms with E-state index in [0.717, 1.165) is 36.1 Å². The number of imidazole rings is 1. The molecule has 120 valence electrons. The van der Waals surface area contributed by atoms with Crippen molar-refractivity contribution in [3.63, 3.8) is 0 Å². The number of nitrogens with two attached hydrogens (primary N) is 1. The predicted molar refractivity (Wildman–Crippen MR) is 88.7 cm³/mol. The summed E-state index contributed by atoms with van der Waals surface area (Å²) in [4.78, 5) is 17.0. The molecule has 2 rings (SSSR count). The number of carbonyl (C=O) groups is 1. The molecule has 0 aliphatic heterocycles. The Kier molecular flexibility index (Phi) is 5.41. The van der Waals surface area contributed by atoms with Crippen molar-refractivity contribution in [2.45, 2.75) is 52.5 Å². The minimum atomic E-state index is -0.349. The van der Waals surface area contributed by atoms with Crippen molar-refractivity contribution in [3.05, 3.63) is 24.0 Å². The Labute approximate surface area is 131 Å². The van der Waals surface area contributed by atoms with Crippen LogP contribution >= 0.6 is 0 Å². The Hall–Kier alpha value is -2.04. The first-order chi connectivity index (χ1) is 10.6. The molecule has 1 aromatic carbocycles. The maximum atomic E-state index is 12.3. The number of benzene rings is 1. The van der Waals surface area contributed by atoms with E-state index in [0.29, 0.717) is 18.7 Å². The zero-order valence-electron chi connectivity index (χ0n) is 13.6. The molecule has 0 saturated heterocycles. The Morgan fingerprint density at radius 2 is 2.14 bits per heavy atom. The monoisotopic (exact) mass is 303 g/mol. The maximum absolute atomic E-state index is 12.3. The van der Waals surface area contributed by atoms with Crippen LogP contribution in [0.3, 0.4) is 0 Å². The van der Waals surface area contributed by atoms with Gasteiger partial charge < -0.3 is 15.0 Å². The summed E-state index contributed by atoms with van der Waals surface area (Å²) in [6.45, 7) is 6.34. The zero-order chi connectivity index (χ0) is 16.1. The molecule has 2 aromatic rings. The predicted octanol–water partition coefficient (Wildman–Crippen LogP) is 3.48. The molecular formula is C17H25N3O2. The van der Waals surface area contributed by atoms with Crippen LogP contribution in [0.1, 0.15) is 51.9 Å². The van der Waals surface area contributed by atoms with Crippen LogP contribution in [0.5, 0.6) is 0 Å². The molecule has 0 amide bonds. The lowest BCUT2D eigenvalue weighted by Gasteiger charge is -2.19. The summed E-state index contributed by atoms with van der Waals surface area (Å²) in [7, 11) is 0. The van der Waals surface area contributed by atoms with Gasteiger partial charge in [0.2, 0.25) is 0 Å². The van der Waals surface area contributed by atoms with Crippen molar-refractivity contribution < 1.29 is 9.53 Å². The second-order valence-electron chi connectivity index (χ2n) is 5.39. The van der Waals surface area contributed by atoms with Gasteiger partial charge in [0.05, 0.1) is 17.8 Å². The molecule has 0 spiro atoms. The number of para-hydroxylation sites is 1. The van der Waals surface area contributed by atoms with Gasteiger partial charge in [-0.25, -0.2) is 9.78 Å². The second kappa shape index (κ2) is 7.29. The Morgan fingerprint density at radius 3 is 2.77 bits per heavy atom. The molecule has 0 saturated carbocycles. The van der Waals surface area contributed by atoms with E-state index < -0.39 is 0 Å². The summed E-state index contributed by atoms with van der Waals surface area (Å²) in [6, 6.07) is 5.36. The largest absolute Gasteiger partial charge is 0.464 e. The molecule has 1 atom stereocenters. The molecule has 2 N–H and O–H groups in total. The average Bonchev–Trinajstić information content (AvgIpc) is 2.87. The minimum Gasteiger partial charge on any atom is -0.464 e. The van der Waals surface area contributed by atoms with Crippen molar-refractivity contribution in [1.82, 2.24) is 9.55 Å². The average molecular weight is 303 g/mol. The molecule has 1 unspecified atom stereocenters. The van der Waals surface area contributed by atoms with E-state index >= 15 is 0 Å². The smallest absolute Gasteiger partial charge is 0.329 e. The van der Waals surface area contributed by atoms with Crippen LogP contribution in [0.2, 0.25) is 0 Å². The first-order valence-corrected chi connectivity index (χ1v) is 8.05. The van der Waals surface area contributed by atoms with Crippen molar-refractivity contribution in [3.8, 4) is 0 Å². The Morgan fingerprint density at radius 1 is 1.36 bits per heavy atom. The summed E-state index contributed by atoms with van der Waals surface area (Å²) < 4.78 is 7.25. The molecule has 0 fully saturated rings. The van der Waals surface area contributed by atoms with Gasteiger partial charge in [-0.1, -0.05) is 26.3 Å². The molecule has 1 heterocycles. The minimum absolute atomic E-state index is 0.204. The van der Waals surface area contributed by atoms with Gasteiger partial charge >= 0.3 is 5.97 Å². The quantitative estimate of drug-likeness (QED) is 0.628. The number of carbonyl (C=O) groups excluding carboxylic acids is 1. The van der Waals surface area contributed by atoms with Crippen LogP contribution in [0.25, 0.3) is 11.0 Å².